The molecule has 1 heterocycles. The van der Waals surface area contributed by atoms with Crippen LogP contribution in [0, 0.1) is 9.49 Å². The summed E-state index contributed by atoms with van der Waals surface area (Å²) in [6.07, 6.45) is 0.440. The van der Waals surface area contributed by atoms with Crippen molar-refractivity contribution in [2.75, 3.05) is 32.8 Å². The van der Waals surface area contributed by atoms with Gasteiger partial charge in [-0.25, -0.2) is 4.79 Å². The minimum atomic E-state index is -0.296. The maximum Gasteiger partial charge on any atom is 0.409 e. The van der Waals surface area contributed by atoms with Crippen LogP contribution in [0.15, 0.2) is 18.2 Å². The predicted molar refractivity (Wildman–Crippen MR) is 102 cm³/mol. The molecular formula is C17H22ClIN2O3. The zero-order valence-electron chi connectivity index (χ0n) is 13.9. The summed E-state index contributed by atoms with van der Waals surface area (Å²) in [5, 5.41) is 0.549. The van der Waals surface area contributed by atoms with Gasteiger partial charge in [0.05, 0.1) is 12.2 Å². The van der Waals surface area contributed by atoms with Gasteiger partial charge in [0.15, 0.2) is 0 Å². The molecule has 0 bridgehead atoms. The highest BCUT2D eigenvalue weighted by Gasteiger charge is 2.24. The van der Waals surface area contributed by atoms with Gasteiger partial charge in [-0.3, -0.25) is 4.79 Å². The summed E-state index contributed by atoms with van der Waals surface area (Å²) in [4.78, 5) is 28.3. The Hall–Kier alpha value is -1.02. The van der Waals surface area contributed by atoms with Crippen LogP contribution < -0.4 is 0 Å². The second-order valence-corrected chi connectivity index (χ2v) is 7.83. The number of nitrogens with zero attached hydrogens (tertiary/aromatic N) is 2. The first-order valence-corrected chi connectivity index (χ1v) is 9.50. The van der Waals surface area contributed by atoms with E-state index in [0.717, 1.165) is 9.99 Å². The highest BCUT2D eigenvalue weighted by Crippen LogP contribution is 2.20. The van der Waals surface area contributed by atoms with Gasteiger partial charge >= 0.3 is 6.09 Å². The van der Waals surface area contributed by atoms with E-state index < -0.39 is 0 Å². The van der Waals surface area contributed by atoms with E-state index in [2.05, 4.69) is 22.6 Å². The van der Waals surface area contributed by atoms with Gasteiger partial charge in [0, 0.05) is 34.8 Å². The molecule has 1 aliphatic heterocycles. The van der Waals surface area contributed by atoms with Crippen molar-refractivity contribution in [3.8, 4) is 0 Å². The molecule has 0 aliphatic carbocycles. The lowest BCUT2D eigenvalue weighted by molar-refractivity contribution is 0.0745. The third-order valence-corrected chi connectivity index (χ3v) is 4.92. The van der Waals surface area contributed by atoms with E-state index >= 15 is 0 Å². The molecule has 132 valence electrons. The number of amides is 2. The Labute approximate surface area is 161 Å². The van der Waals surface area contributed by atoms with E-state index in [1.54, 1.807) is 21.9 Å². The zero-order chi connectivity index (χ0) is 17.7. The largest absolute Gasteiger partial charge is 0.449 e. The number of halogens is 2. The fourth-order valence-corrected chi connectivity index (χ4v) is 3.20. The summed E-state index contributed by atoms with van der Waals surface area (Å²) in [7, 11) is 0. The summed E-state index contributed by atoms with van der Waals surface area (Å²) in [5.74, 6) is 0.267. The van der Waals surface area contributed by atoms with Crippen LogP contribution in [0.1, 0.15) is 30.6 Å². The molecule has 1 aromatic carbocycles. The molecule has 1 saturated heterocycles. The Kier molecular flexibility index (Phi) is 7.16. The van der Waals surface area contributed by atoms with Gasteiger partial charge in [-0.1, -0.05) is 25.4 Å². The van der Waals surface area contributed by atoms with Gasteiger partial charge in [0.2, 0.25) is 0 Å². The lowest BCUT2D eigenvalue weighted by Crippen LogP contribution is -2.38. The fourth-order valence-electron chi connectivity index (χ4n) is 2.46. The molecule has 0 unspecified atom stereocenters. The Bertz CT molecular complexity index is 609. The normalized spacial score (nSPS) is 15.4. The smallest absolute Gasteiger partial charge is 0.409 e. The molecule has 2 amide bonds. The van der Waals surface area contributed by atoms with Crippen molar-refractivity contribution in [3.63, 3.8) is 0 Å². The van der Waals surface area contributed by atoms with Crippen LogP contribution in [0.5, 0.6) is 0 Å². The van der Waals surface area contributed by atoms with Crippen molar-refractivity contribution in [3.05, 3.63) is 32.4 Å². The van der Waals surface area contributed by atoms with Crippen molar-refractivity contribution in [1.82, 2.24) is 9.80 Å². The minimum absolute atomic E-state index is 0.0423. The summed E-state index contributed by atoms with van der Waals surface area (Å²) < 4.78 is 6.15. The maximum atomic E-state index is 12.7. The van der Waals surface area contributed by atoms with E-state index in [9.17, 15) is 9.59 Å². The molecule has 0 aromatic heterocycles. The Morgan fingerprint density at radius 1 is 1.21 bits per heavy atom. The van der Waals surface area contributed by atoms with Crippen molar-refractivity contribution in [2.45, 2.75) is 20.3 Å². The fraction of sp³-hybridized carbons (Fsp3) is 0.529. The number of benzene rings is 1. The Balaban J connectivity index is 1.98. The third-order valence-electron chi connectivity index (χ3n) is 3.74. The first kappa shape index (κ1) is 19.3. The van der Waals surface area contributed by atoms with Gasteiger partial charge in [0.1, 0.15) is 0 Å². The Morgan fingerprint density at radius 3 is 2.58 bits per heavy atom. The van der Waals surface area contributed by atoms with Gasteiger partial charge in [0.25, 0.3) is 5.91 Å². The van der Waals surface area contributed by atoms with Crippen LogP contribution in [0.25, 0.3) is 0 Å². The number of rotatable bonds is 3. The summed E-state index contributed by atoms with van der Waals surface area (Å²) in [6.45, 7) is 6.63. The van der Waals surface area contributed by atoms with Crippen LogP contribution in [0.4, 0.5) is 4.79 Å². The molecule has 5 nitrogen and oxygen atoms in total. The summed E-state index contributed by atoms with van der Waals surface area (Å²) in [5.41, 5.74) is 0.610. The molecule has 0 radical (unpaired) electrons. The molecule has 2 rings (SSSR count). The highest BCUT2D eigenvalue weighted by molar-refractivity contribution is 14.1. The monoisotopic (exact) mass is 464 g/mol. The Morgan fingerprint density at radius 2 is 1.88 bits per heavy atom. The van der Waals surface area contributed by atoms with Crippen LogP contribution in [-0.2, 0) is 4.74 Å². The van der Waals surface area contributed by atoms with Crippen molar-refractivity contribution >= 4 is 46.2 Å². The summed E-state index contributed by atoms with van der Waals surface area (Å²) in [6, 6.07) is 5.31. The maximum absolute atomic E-state index is 12.7. The molecule has 1 aliphatic rings. The number of carbonyl (C=O) groups is 2. The second kappa shape index (κ2) is 8.89. The number of carbonyl (C=O) groups excluding carboxylic acids is 2. The molecule has 1 fully saturated rings. The lowest BCUT2D eigenvalue weighted by atomic mass is 10.2. The van der Waals surface area contributed by atoms with E-state index in [1.807, 2.05) is 19.9 Å². The quantitative estimate of drug-likeness (QED) is 0.638. The zero-order valence-corrected chi connectivity index (χ0v) is 16.8. The standard InChI is InChI=1S/C17H22ClIN2O3/c1-12(2)11-24-17(23)21-7-3-6-20(8-9-21)16(22)14-10-13(18)4-5-15(14)19/h4-5,10,12H,3,6-9,11H2,1-2H3. The average molecular weight is 465 g/mol. The topological polar surface area (TPSA) is 49.9 Å². The lowest BCUT2D eigenvalue weighted by Gasteiger charge is -2.22. The van der Waals surface area contributed by atoms with Gasteiger partial charge in [-0.15, -0.1) is 0 Å². The van der Waals surface area contributed by atoms with E-state index in [1.165, 1.54) is 0 Å². The van der Waals surface area contributed by atoms with Crippen LogP contribution in [0.2, 0.25) is 5.02 Å². The van der Waals surface area contributed by atoms with E-state index in [-0.39, 0.29) is 12.0 Å². The third kappa shape index (κ3) is 5.24. The minimum Gasteiger partial charge on any atom is -0.449 e. The van der Waals surface area contributed by atoms with Gasteiger partial charge < -0.3 is 14.5 Å². The van der Waals surface area contributed by atoms with Crippen molar-refractivity contribution in [1.29, 1.82) is 0 Å². The second-order valence-electron chi connectivity index (χ2n) is 6.23. The summed E-state index contributed by atoms with van der Waals surface area (Å²) >= 11 is 8.15. The molecule has 0 spiro atoms. The SMILES string of the molecule is CC(C)COC(=O)N1CCCN(C(=O)c2cc(Cl)ccc2I)CC1. The van der Waals surface area contributed by atoms with Crippen LogP contribution >= 0.6 is 34.2 Å². The molecule has 1 aromatic rings. The van der Waals surface area contributed by atoms with Crippen molar-refractivity contribution < 1.29 is 14.3 Å². The number of hydrogen-bond acceptors (Lipinski definition) is 3. The first-order valence-electron chi connectivity index (χ1n) is 8.04. The van der Waals surface area contributed by atoms with E-state index in [4.69, 9.17) is 16.3 Å². The highest BCUT2D eigenvalue weighted by atomic mass is 127. The first-order chi connectivity index (χ1) is 11.4. The molecule has 24 heavy (non-hydrogen) atoms. The molecule has 0 N–H and O–H groups in total. The molecule has 0 saturated carbocycles. The van der Waals surface area contributed by atoms with Gasteiger partial charge in [-0.05, 0) is 53.1 Å². The van der Waals surface area contributed by atoms with Crippen LogP contribution in [-0.4, -0.2) is 54.6 Å². The van der Waals surface area contributed by atoms with Crippen LogP contribution in [0.3, 0.4) is 0 Å². The molecular weight excluding hydrogens is 443 g/mol. The average Bonchev–Trinajstić information content (AvgIpc) is 2.80. The van der Waals surface area contributed by atoms with Gasteiger partial charge in [-0.2, -0.15) is 0 Å². The number of hydrogen-bond donors (Lipinski definition) is 0. The molecule has 0 atom stereocenters. The van der Waals surface area contributed by atoms with Crippen molar-refractivity contribution in [2.24, 2.45) is 5.92 Å². The van der Waals surface area contributed by atoms with E-state index in [0.29, 0.717) is 49.3 Å². The predicted octanol–water partition coefficient (Wildman–Crippen LogP) is 3.89. The molecule has 7 heteroatoms. The number of ether oxygens (including phenoxy) is 1.